The fraction of sp³-hybridized carbons (Fsp3) is 0.500. The van der Waals surface area contributed by atoms with Gasteiger partial charge in [-0.15, -0.1) is 0 Å². The van der Waals surface area contributed by atoms with Crippen LogP contribution in [0.4, 0.5) is 5.69 Å². The smallest absolute Gasteiger partial charge is 0.0762 e. The number of hydrogen-bond donors (Lipinski definition) is 1. The molecule has 78 valence electrons. The van der Waals surface area contributed by atoms with Crippen LogP contribution >= 0.6 is 0 Å². The van der Waals surface area contributed by atoms with E-state index in [0.717, 1.165) is 18.7 Å². The number of rotatable bonds is 4. The van der Waals surface area contributed by atoms with Crippen molar-refractivity contribution >= 4 is 5.69 Å². The minimum Gasteiger partial charge on any atom is -0.389 e. The van der Waals surface area contributed by atoms with Gasteiger partial charge >= 0.3 is 0 Å². The minimum absolute atomic E-state index is 0.384. The average Bonchev–Trinajstić information content (AvgIpc) is 2.20. The Hall–Kier alpha value is -1.02. The number of benzene rings is 1. The van der Waals surface area contributed by atoms with Crippen molar-refractivity contribution < 1.29 is 5.11 Å². The SMILES string of the molecule is CCN(CC)c1cccc(C(C)O)c1. The molecule has 0 aliphatic carbocycles. The van der Waals surface area contributed by atoms with E-state index in [2.05, 4.69) is 30.9 Å². The summed E-state index contributed by atoms with van der Waals surface area (Å²) in [6.07, 6.45) is -0.384. The third kappa shape index (κ3) is 2.48. The van der Waals surface area contributed by atoms with Gasteiger partial charge < -0.3 is 10.0 Å². The molecule has 0 aromatic heterocycles. The van der Waals surface area contributed by atoms with Gasteiger partial charge in [0.05, 0.1) is 6.10 Å². The van der Waals surface area contributed by atoms with Gasteiger partial charge in [-0.3, -0.25) is 0 Å². The molecule has 0 bridgehead atoms. The molecule has 2 heteroatoms. The van der Waals surface area contributed by atoms with Gasteiger partial charge in [-0.05, 0) is 38.5 Å². The number of aliphatic hydroxyl groups is 1. The number of hydrogen-bond acceptors (Lipinski definition) is 2. The first-order chi connectivity index (χ1) is 6.69. The summed E-state index contributed by atoms with van der Waals surface area (Å²) in [4.78, 5) is 2.27. The van der Waals surface area contributed by atoms with Crippen molar-refractivity contribution in [1.82, 2.24) is 0 Å². The van der Waals surface area contributed by atoms with Gasteiger partial charge in [0, 0.05) is 18.8 Å². The molecule has 0 saturated carbocycles. The highest BCUT2D eigenvalue weighted by Crippen LogP contribution is 2.20. The molecule has 0 heterocycles. The molecule has 0 aliphatic rings. The monoisotopic (exact) mass is 193 g/mol. The van der Waals surface area contributed by atoms with Crippen LogP contribution in [0.5, 0.6) is 0 Å². The predicted octanol–water partition coefficient (Wildman–Crippen LogP) is 2.59. The van der Waals surface area contributed by atoms with E-state index in [0.29, 0.717) is 0 Å². The molecule has 14 heavy (non-hydrogen) atoms. The van der Waals surface area contributed by atoms with Crippen LogP contribution in [0, 0.1) is 0 Å². The maximum atomic E-state index is 9.46. The lowest BCUT2D eigenvalue weighted by atomic mass is 10.1. The van der Waals surface area contributed by atoms with Crippen LogP contribution in [-0.2, 0) is 0 Å². The average molecular weight is 193 g/mol. The van der Waals surface area contributed by atoms with Crippen molar-refractivity contribution in [3.63, 3.8) is 0 Å². The molecule has 0 saturated heterocycles. The Bertz CT molecular complexity index is 279. The van der Waals surface area contributed by atoms with E-state index in [1.54, 1.807) is 6.92 Å². The predicted molar refractivity (Wildman–Crippen MR) is 60.6 cm³/mol. The first-order valence-corrected chi connectivity index (χ1v) is 5.22. The third-order valence-corrected chi connectivity index (χ3v) is 2.48. The molecule has 0 aliphatic heterocycles. The lowest BCUT2D eigenvalue weighted by Gasteiger charge is -2.21. The Morgan fingerprint density at radius 3 is 2.43 bits per heavy atom. The quantitative estimate of drug-likeness (QED) is 0.794. The summed E-state index contributed by atoms with van der Waals surface area (Å²) >= 11 is 0. The molecular formula is C12H19NO. The topological polar surface area (TPSA) is 23.5 Å². The van der Waals surface area contributed by atoms with Crippen LogP contribution in [0.15, 0.2) is 24.3 Å². The van der Waals surface area contributed by atoms with Crippen LogP contribution in [0.25, 0.3) is 0 Å². The molecule has 0 radical (unpaired) electrons. The van der Waals surface area contributed by atoms with Gasteiger partial charge in [0.25, 0.3) is 0 Å². The molecule has 1 N–H and O–H groups in total. The molecule has 1 unspecified atom stereocenters. The zero-order valence-electron chi connectivity index (χ0n) is 9.20. The summed E-state index contributed by atoms with van der Waals surface area (Å²) in [6, 6.07) is 8.09. The summed E-state index contributed by atoms with van der Waals surface area (Å²) in [7, 11) is 0. The normalized spacial score (nSPS) is 12.6. The highest BCUT2D eigenvalue weighted by atomic mass is 16.3. The first-order valence-electron chi connectivity index (χ1n) is 5.22. The van der Waals surface area contributed by atoms with E-state index >= 15 is 0 Å². The maximum Gasteiger partial charge on any atom is 0.0762 e. The van der Waals surface area contributed by atoms with E-state index < -0.39 is 0 Å². The lowest BCUT2D eigenvalue weighted by Crippen LogP contribution is -2.21. The van der Waals surface area contributed by atoms with Crippen molar-refractivity contribution in [2.24, 2.45) is 0 Å². The molecule has 1 atom stereocenters. The van der Waals surface area contributed by atoms with Crippen LogP contribution in [-0.4, -0.2) is 18.2 Å². The third-order valence-electron chi connectivity index (χ3n) is 2.48. The Balaban J connectivity index is 2.92. The van der Waals surface area contributed by atoms with Gasteiger partial charge in [-0.2, -0.15) is 0 Å². The van der Waals surface area contributed by atoms with E-state index in [4.69, 9.17) is 0 Å². The summed E-state index contributed by atoms with van der Waals surface area (Å²) in [5.74, 6) is 0. The molecule has 0 amide bonds. The van der Waals surface area contributed by atoms with E-state index in [-0.39, 0.29) is 6.10 Å². The van der Waals surface area contributed by atoms with Gasteiger partial charge in [0.2, 0.25) is 0 Å². The summed E-state index contributed by atoms with van der Waals surface area (Å²) < 4.78 is 0. The van der Waals surface area contributed by atoms with E-state index in [1.165, 1.54) is 5.69 Å². The zero-order valence-corrected chi connectivity index (χ0v) is 9.20. The van der Waals surface area contributed by atoms with E-state index in [1.807, 2.05) is 12.1 Å². The van der Waals surface area contributed by atoms with Crippen LogP contribution < -0.4 is 4.90 Å². The van der Waals surface area contributed by atoms with Crippen molar-refractivity contribution in [1.29, 1.82) is 0 Å². The fourth-order valence-electron chi connectivity index (χ4n) is 1.57. The van der Waals surface area contributed by atoms with Gasteiger partial charge in [0.1, 0.15) is 0 Å². The van der Waals surface area contributed by atoms with Gasteiger partial charge in [-0.25, -0.2) is 0 Å². The van der Waals surface area contributed by atoms with Gasteiger partial charge in [-0.1, -0.05) is 12.1 Å². The standard InChI is InChI=1S/C12H19NO/c1-4-13(5-2)12-8-6-7-11(9-12)10(3)14/h6-10,14H,4-5H2,1-3H3. The Kier molecular flexibility index (Phi) is 3.96. The van der Waals surface area contributed by atoms with Crippen LogP contribution in [0.2, 0.25) is 0 Å². The molecule has 2 nitrogen and oxygen atoms in total. The molecule has 1 aromatic rings. The second-order valence-corrected chi connectivity index (χ2v) is 3.44. The van der Waals surface area contributed by atoms with E-state index in [9.17, 15) is 5.11 Å². The fourth-order valence-corrected chi connectivity index (χ4v) is 1.57. The maximum absolute atomic E-state index is 9.46. The van der Waals surface area contributed by atoms with Crippen LogP contribution in [0.1, 0.15) is 32.4 Å². The Morgan fingerprint density at radius 2 is 1.93 bits per heavy atom. The highest BCUT2D eigenvalue weighted by Gasteiger charge is 2.04. The molecule has 0 fully saturated rings. The summed E-state index contributed by atoms with van der Waals surface area (Å²) in [6.45, 7) is 8.07. The summed E-state index contributed by atoms with van der Waals surface area (Å²) in [5.41, 5.74) is 2.17. The zero-order chi connectivity index (χ0) is 10.6. The first kappa shape index (κ1) is 11.1. The summed E-state index contributed by atoms with van der Waals surface area (Å²) in [5, 5.41) is 9.46. The molecule has 1 rings (SSSR count). The van der Waals surface area contributed by atoms with Crippen molar-refractivity contribution in [2.45, 2.75) is 26.9 Å². The Labute approximate surface area is 86.2 Å². The molecule has 1 aromatic carbocycles. The minimum atomic E-state index is -0.384. The second kappa shape index (κ2) is 5.01. The Morgan fingerprint density at radius 1 is 1.29 bits per heavy atom. The van der Waals surface area contributed by atoms with Crippen molar-refractivity contribution in [3.05, 3.63) is 29.8 Å². The van der Waals surface area contributed by atoms with Crippen molar-refractivity contribution in [2.75, 3.05) is 18.0 Å². The lowest BCUT2D eigenvalue weighted by molar-refractivity contribution is 0.199. The van der Waals surface area contributed by atoms with Crippen molar-refractivity contribution in [3.8, 4) is 0 Å². The second-order valence-electron chi connectivity index (χ2n) is 3.44. The number of anilines is 1. The number of nitrogens with zero attached hydrogens (tertiary/aromatic N) is 1. The highest BCUT2D eigenvalue weighted by molar-refractivity contribution is 5.48. The van der Waals surface area contributed by atoms with Crippen LogP contribution in [0.3, 0.4) is 0 Å². The largest absolute Gasteiger partial charge is 0.389 e. The molecule has 0 spiro atoms. The number of aliphatic hydroxyl groups excluding tert-OH is 1. The van der Waals surface area contributed by atoms with Gasteiger partial charge in [0.15, 0.2) is 0 Å². The molecular weight excluding hydrogens is 174 g/mol.